The summed E-state index contributed by atoms with van der Waals surface area (Å²) in [7, 11) is 1.58. The van der Waals surface area contributed by atoms with Crippen LogP contribution in [0.3, 0.4) is 0 Å². The monoisotopic (exact) mass is 353 g/mol. The van der Waals surface area contributed by atoms with Gasteiger partial charge in [-0.15, -0.1) is 0 Å². The van der Waals surface area contributed by atoms with Crippen molar-refractivity contribution in [2.75, 3.05) is 7.11 Å². The van der Waals surface area contributed by atoms with Crippen LogP contribution in [0.2, 0.25) is 0 Å². The van der Waals surface area contributed by atoms with Gasteiger partial charge in [0.2, 0.25) is 0 Å². The predicted molar refractivity (Wildman–Crippen MR) is 84.0 cm³/mol. The molecule has 2 rings (SSSR count). The summed E-state index contributed by atoms with van der Waals surface area (Å²) in [6.07, 6.45) is 0. The normalized spacial score (nSPS) is 12.0. The van der Waals surface area contributed by atoms with Gasteiger partial charge in [-0.25, -0.2) is 4.39 Å². The van der Waals surface area contributed by atoms with E-state index in [0.717, 1.165) is 11.1 Å². The van der Waals surface area contributed by atoms with E-state index in [1.165, 1.54) is 12.1 Å². The Morgan fingerprint density at radius 2 is 1.95 bits per heavy atom. The lowest BCUT2D eigenvalue weighted by Crippen LogP contribution is -2.06. The first-order valence-corrected chi connectivity index (χ1v) is 7.31. The third-order valence-corrected chi connectivity index (χ3v) is 3.85. The number of hydrogen-bond donors (Lipinski definition) is 1. The lowest BCUT2D eigenvalue weighted by Gasteiger charge is -2.14. The Morgan fingerprint density at radius 3 is 2.57 bits per heavy atom. The molecule has 112 valence electrons. The van der Waals surface area contributed by atoms with Crippen molar-refractivity contribution in [2.45, 2.75) is 19.6 Å². The molecule has 0 saturated carbocycles. The lowest BCUT2D eigenvalue weighted by atomic mass is 10.1. The molecule has 2 aromatic rings. The molecule has 0 radical (unpaired) electrons. The summed E-state index contributed by atoms with van der Waals surface area (Å²) in [6.45, 7) is 2.22. The van der Waals surface area contributed by atoms with Gasteiger partial charge in [0.05, 0.1) is 7.11 Å². The predicted octanol–water partition coefficient (Wildman–Crippen LogP) is 4.20. The fraction of sp³-hybridized carbons (Fsp3) is 0.250. The van der Waals surface area contributed by atoms with Gasteiger partial charge >= 0.3 is 0 Å². The number of ether oxygens (including phenoxy) is 2. The van der Waals surface area contributed by atoms with Gasteiger partial charge in [-0.2, -0.15) is 0 Å². The average Bonchev–Trinajstić information content (AvgIpc) is 2.46. The third kappa shape index (κ3) is 3.95. The van der Waals surface area contributed by atoms with Crippen molar-refractivity contribution in [3.63, 3.8) is 0 Å². The Hall–Kier alpha value is -1.59. The summed E-state index contributed by atoms with van der Waals surface area (Å²) in [6, 6.07) is 10.0. The molecule has 0 saturated heterocycles. The zero-order valence-electron chi connectivity index (χ0n) is 11.9. The van der Waals surface area contributed by atoms with Crippen LogP contribution in [0.4, 0.5) is 4.39 Å². The van der Waals surface area contributed by atoms with Gasteiger partial charge in [-0.05, 0) is 36.8 Å². The SMILES string of the molecule is COc1cc(C(C)N)ccc1OCc1ccc(F)cc1Br. The minimum atomic E-state index is -0.288. The zero-order chi connectivity index (χ0) is 15.4. The second-order valence-electron chi connectivity index (χ2n) is 4.72. The second-order valence-corrected chi connectivity index (χ2v) is 5.58. The van der Waals surface area contributed by atoms with E-state index < -0.39 is 0 Å². The van der Waals surface area contributed by atoms with Crippen molar-refractivity contribution < 1.29 is 13.9 Å². The van der Waals surface area contributed by atoms with Gasteiger partial charge in [0.25, 0.3) is 0 Å². The van der Waals surface area contributed by atoms with Gasteiger partial charge in [0.1, 0.15) is 12.4 Å². The fourth-order valence-corrected chi connectivity index (χ4v) is 2.35. The first-order valence-electron chi connectivity index (χ1n) is 6.51. The molecule has 0 aliphatic rings. The first-order chi connectivity index (χ1) is 10.0. The molecule has 0 spiro atoms. The van der Waals surface area contributed by atoms with E-state index in [9.17, 15) is 4.39 Å². The van der Waals surface area contributed by atoms with Crippen LogP contribution in [0.5, 0.6) is 11.5 Å². The van der Waals surface area contributed by atoms with Crippen molar-refractivity contribution in [2.24, 2.45) is 5.73 Å². The van der Waals surface area contributed by atoms with E-state index in [2.05, 4.69) is 15.9 Å². The molecule has 0 heterocycles. The number of hydrogen-bond acceptors (Lipinski definition) is 3. The van der Waals surface area contributed by atoms with Crippen molar-refractivity contribution in [3.05, 3.63) is 57.8 Å². The highest BCUT2D eigenvalue weighted by atomic mass is 79.9. The maximum atomic E-state index is 13.0. The average molecular weight is 354 g/mol. The third-order valence-electron chi connectivity index (χ3n) is 3.11. The van der Waals surface area contributed by atoms with Crippen LogP contribution in [0.15, 0.2) is 40.9 Å². The van der Waals surface area contributed by atoms with Gasteiger partial charge in [-0.1, -0.05) is 28.1 Å². The van der Waals surface area contributed by atoms with Gasteiger partial charge < -0.3 is 15.2 Å². The van der Waals surface area contributed by atoms with Gasteiger partial charge in [-0.3, -0.25) is 0 Å². The standard InChI is InChI=1S/C16H17BrFNO2/c1-10(19)11-4-6-15(16(7-11)20-2)21-9-12-3-5-13(18)8-14(12)17/h3-8,10H,9,19H2,1-2H3. The number of nitrogens with two attached hydrogens (primary N) is 1. The van der Waals surface area contributed by atoms with Gasteiger partial charge in [0.15, 0.2) is 11.5 Å². The van der Waals surface area contributed by atoms with Crippen LogP contribution < -0.4 is 15.2 Å². The molecule has 0 amide bonds. The molecule has 2 N–H and O–H groups in total. The van der Waals surface area contributed by atoms with Crippen LogP contribution in [-0.4, -0.2) is 7.11 Å². The highest BCUT2D eigenvalue weighted by molar-refractivity contribution is 9.10. The van der Waals surface area contributed by atoms with Gasteiger partial charge in [0, 0.05) is 16.1 Å². The maximum Gasteiger partial charge on any atom is 0.161 e. The molecular weight excluding hydrogens is 337 g/mol. The van der Waals surface area contributed by atoms with E-state index >= 15 is 0 Å². The molecule has 1 unspecified atom stereocenters. The van der Waals surface area contributed by atoms with Crippen molar-refractivity contribution in [3.8, 4) is 11.5 Å². The van der Waals surface area contributed by atoms with E-state index in [4.69, 9.17) is 15.2 Å². The van der Waals surface area contributed by atoms with Crippen LogP contribution in [0.25, 0.3) is 0 Å². The van der Waals surface area contributed by atoms with Crippen LogP contribution in [0.1, 0.15) is 24.1 Å². The fourth-order valence-electron chi connectivity index (χ4n) is 1.88. The minimum Gasteiger partial charge on any atom is -0.493 e. The highest BCUT2D eigenvalue weighted by Gasteiger charge is 2.09. The van der Waals surface area contributed by atoms with Crippen LogP contribution >= 0.6 is 15.9 Å². The quantitative estimate of drug-likeness (QED) is 0.876. The summed E-state index contributed by atoms with van der Waals surface area (Å²) < 4.78 is 24.8. The molecule has 2 aromatic carbocycles. The Kier molecular flexibility index (Phi) is 5.20. The molecule has 5 heteroatoms. The molecule has 1 atom stereocenters. The molecule has 0 fully saturated rings. The second kappa shape index (κ2) is 6.91. The number of methoxy groups -OCH3 is 1. The molecule has 0 aromatic heterocycles. The molecular formula is C16H17BrFNO2. The number of rotatable bonds is 5. The van der Waals surface area contributed by atoms with E-state index in [1.54, 1.807) is 13.2 Å². The maximum absolute atomic E-state index is 13.0. The zero-order valence-corrected chi connectivity index (χ0v) is 13.5. The Balaban J connectivity index is 2.16. The van der Waals surface area contributed by atoms with Crippen LogP contribution in [-0.2, 0) is 6.61 Å². The Morgan fingerprint density at radius 1 is 1.19 bits per heavy atom. The van der Waals surface area contributed by atoms with E-state index in [0.29, 0.717) is 22.6 Å². The molecule has 3 nitrogen and oxygen atoms in total. The van der Waals surface area contributed by atoms with Crippen molar-refractivity contribution >= 4 is 15.9 Å². The molecule has 0 bridgehead atoms. The highest BCUT2D eigenvalue weighted by Crippen LogP contribution is 2.31. The molecule has 0 aliphatic heterocycles. The number of halogens is 2. The summed E-state index contributed by atoms with van der Waals surface area (Å²) in [5.41, 5.74) is 7.68. The first kappa shape index (κ1) is 15.8. The topological polar surface area (TPSA) is 44.5 Å². The van der Waals surface area contributed by atoms with Crippen molar-refractivity contribution in [1.82, 2.24) is 0 Å². The van der Waals surface area contributed by atoms with Crippen molar-refractivity contribution in [1.29, 1.82) is 0 Å². The van der Waals surface area contributed by atoms with Crippen LogP contribution in [0, 0.1) is 5.82 Å². The largest absolute Gasteiger partial charge is 0.493 e. The molecule has 0 aliphatic carbocycles. The Bertz CT molecular complexity index is 632. The summed E-state index contributed by atoms with van der Waals surface area (Å²) >= 11 is 3.32. The number of benzene rings is 2. The lowest BCUT2D eigenvalue weighted by molar-refractivity contribution is 0.283. The van der Waals surface area contributed by atoms with E-state index in [1.807, 2.05) is 25.1 Å². The minimum absolute atomic E-state index is 0.0702. The summed E-state index contributed by atoms with van der Waals surface area (Å²) in [4.78, 5) is 0. The summed E-state index contributed by atoms with van der Waals surface area (Å²) in [5, 5.41) is 0. The van der Waals surface area contributed by atoms with E-state index in [-0.39, 0.29) is 11.9 Å². The Labute approximate surface area is 132 Å². The summed E-state index contributed by atoms with van der Waals surface area (Å²) in [5.74, 6) is 0.964. The smallest absolute Gasteiger partial charge is 0.161 e. The molecule has 21 heavy (non-hydrogen) atoms.